The molecule has 0 aliphatic heterocycles. The predicted octanol–water partition coefficient (Wildman–Crippen LogP) is 8.79. The van der Waals surface area contributed by atoms with Gasteiger partial charge in [0.1, 0.15) is 0 Å². The number of nitrogens with one attached hydrogen (secondary N) is 2. The first-order valence-corrected chi connectivity index (χ1v) is 13.8. The lowest BCUT2D eigenvalue weighted by atomic mass is 10.3. The standard InChI is InChI=1S/C28H26N8S2/c1-5-13-23(14-6-1)29-33-27(34-30-24-15-7-2-8-16-24)37-21-22-38-28(35-31-25-17-9-3-10-18-25)36-32-26-19-11-4-12-20-26/h1-20,29,31H,21-22H2. The number of para-hydroxylation sites is 2. The number of rotatable bonds is 9. The fraction of sp³-hybridized carbons (Fsp3) is 0.0714. The van der Waals surface area contributed by atoms with Gasteiger partial charge in [-0.3, -0.25) is 10.9 Å². The number of nitrogens with zero attached hydrogens (tertiary/aromatic N) is 6. The van der Waals surface area contributed by atoms with Crippen molar-refractivity contribution in [1.29, 1.82) is 0 Å². The van der Waals surface area contributed by atoms with Crippen LogP contribution < -0.4 is 10.9 Å². The van der Waals surface area contributed by atoms with Gasteiger partial charge in [0.15, 0.2) is 0 Å². The number of hydrazone groups is 2. The van der Waals surface area contributed by atoms with Crippen LogP contribution in [0.1, 0.15) is 0 Å². The van der Waals surface area contributed by atoms with Crippen LogP contribution in [0.25, 0.3) is 0 Å². The molecule has 0 atom stereocenters. The highest BCUT2D eigenvalue weighted by atomic mass is 32.2. The molecule has 0 heterocycles. The zero-order valence-corrected chi connectivity index (χ0v) is 22.1. The van der Waals surface area contributed by atoms with E-state index in [4.69, 9.17) is 0 Å². The monoisotopic (exact) mass is 538 g/mol. The second-order valence-electron chi connectivity index (χ2n) is 7.51. The van der Waals surface area contributed by atoms with E-state index in [0.29, 0.717) is 21.8 Å². The Bertz CT molecular complexity index is 1240. The smallest absolute Gasteiger partial charge is 0.227 e. The molecule has 10 heteroatoms. The predicted molar refractivity (Wildman–Crippen MR) is 162 cm³/mol. The summed E-state index contributed by atoms with van der Waals surface area (Å²) in [6.07, 6.45) is 0. The first-order valence-electron chi connectivity index (χ1n) is 11.8. The molecule has 0 spiro atoms. The SMILES string of the molecule is c1ccc(N=NC(=NNc2ccccc2)SCCSC(N=Nc2ccccc2)=NNc2ccccc2)cc1. The Morgan fingerprint density at radius 3 is 1.18 bits per heavy atom. The zero-order valence-electron chi connectivity index (χ0n) is 20.5. The topological polar surface area (TPSA) is 98.2 Å². The van der Waals surface area contributed by atoms with Crippen LogP contribution in [0.4, 0.5) is 22.7 Å². The van der Waals surface area contributed by atoms with E-state index in [1.807, 2.05) is 121 Å². The molecule has 4 rings (SSSR count). The lowest BCUT2D eigenvalue weighted by Crippen LogP contribution is -2.00. The van der Waals surface area contributed by atoms with Gasteiger partial charge in [0.25, 0.3) is 0 Å². The molecule has 4 aromatic carbocycles. The zero-order chi connectivity index (χ0) is 26.1. The van der Waals surface area contributed by atoms with E-state index in [1.54, 1.807) is 0 Å². The number of azo groups is 2. The Hall–Kier alpha value is -4.28. The molecule has 8 nitrogen and oxygen atoms in total. The molecule has 0 amide bonds. The first kappa shape index (κ1) is 26.8. The van der Waals surface area contributed by atoms with Gasteiger partial charge < -0.3 is 0 Å². The molecule has 0 unspecified atom stereocenters. The summed E-state index contributed by atoms with van der Waals surface area (Å²) >= 11 is 2.98. The minimum absolute atomic E-state index is 0.519. The highest BCUT2D eigenvalue weighted by Crippen LogP contribution is 2.19. The number of hydrogen-bond donors (Lipinski definition) is 2. The summed E-state index contributed by atoms with van der Waals surface area (Å²) in [4.78, 5) is 0. The summed E-state index contributed by atoms with van der Waals surface area (Å²) in [6, 6.07) is 38.6. The molecule has 4 aromatic rings. The van der Waals surface area contributed by atoms with Crippen molar-refractivity contribution < 1.29 is 0 Å². The Kier molecular flexibility index (Phi) is 11.1. The third kappa shape index (κ3) is 10.00. The van der Waals surface area contributed by atoms with Crippen LogP contribution in [0.5, 0.6) is 0 Å². The Morgan fingerprint density at radius 1 is 0.474 bits per heavy atom. The molecule has 0 aliphatic carbocycles. The van der Waals surface area contributed by atoms with Gasteiger partial charge in [-0.15, -0.1) is 30.7 Å². The summed E-state index contributed by atoms with van der Waals surface area (Å²) in [6.45, 7) is 0. The van der Waals surface area contributed by atoms with E-state index in [9.17, 15) is 0 Å². The van der Waals surface area contributed by atoms with E-state index in [0.717, 1.165) is 22.7 Å². The van der Waals surface area contributed by atoms with Gasteiger partial charge in [0.2, 0.25) is 10.3 Å². The van der Waals surface area contributed by atoms with Crippen molar-refractivity contribution in [3.8, 4) is 0 Å². The normalized spacial score (nSPS) is 12.2. The maximum absolute atomic E-state index is 4.45. The minimum Gasteiger partial charge on any atom is -0.276 e. The van der Waals surface area contributed by atoms with Crippen LogP contribution in [0, 0.1) is 0 Å². The van der Waals surface area contributed by atoms with E-state index >= 15 is 0 Å². The lowest BCUT2D eigenvalue weighted by Gasteiger charge is -2.04. The van der Waals surface area contributed by atoms with Crippen LogP contribution in [0.2, 0.25) is 0 Å². The van der Waals surface area contributed by atoms with Crippen molar-refractivity contribution in [2.75, 3.05) is 22.4 Å². The van der Waals surface area contributed by atoms with Crippen molar-refractivity contribution in [2.24, 2.45) is 30.7 Å². The van der Waals surface area contributed by atoms with Crippen LogP contribution >= 0.6 is 23.5 Å². The molecule has 0 bridgehead atoms. The lowest BCUT2D eigenvalue weighted by molar-refractivity contribution is 1.25. The molecule has 0 saturated heterocycles. The maximum Gasteiger partial charge on any atom is 0.227 e. The van der Waals surface area contributed by atoms with Crippen LogP contribution in [0.3, 0.4) is 0 Å². The summed E-state index contributed by atoms with van der Waals surface area (Å²) in [7, 11) is 0. The van der Waals surface area contributed by atoms with Crippen LogP contribution in [-0.4, -0.2) is 21.8 Å². The molecule has 2 N–H and O–H groups in total. The number of thioether (sulfide) groups is 2. The number of benzene rings is 4. The number of anilines is 2. The summed E-state index contributed by atoms with van der Waals surface area (Å²) in [5.74, 6) is 1.41. The van der Waals surface area contributed by atoms with Crippen molar-refractivity contribution >= 4 is 56.6 Å². The molecular weight excluding hydrogens is 512 g/mol. The molecule has 0 aromatic heterocycles. The van der Waals surface area contributed by atoms with Crippen molar-refractivity contribution in [1.82, 2.24) is 0 Å². The quantitative estimate of drug-likeness (QED) is 0.0731. The fourth-order valence-corrected chi connectivity index (χ4v) is 4.32. The third-order valence-corrected chi connectivity index (χ3v) is 6.61. The summed E-state index contributed by atoms with van der Waals surface area (Å²) in [5.41, 5.74) is 9.36. The van der Waals surface area contributed by atoms with Crippen LogP contribution in [-0.2, 0) is 0 Å². The fourth-order valence-electron chi connectivity index (χ4n) is 2.87. The van der Waals surface area contributed by atoms with E-state index in [2.05, 4.69) is 41.5 Å². The molecular formula is C28H26N8S2. The van der Waals surface area contributed by atoms with E-state index < -0.39 is 0 Å². The number of amidine groups is 2. The molecule has 38 heavy (non-hydrogen) atoms. The second-order valence-corrected chi connectivity index (χ2v) is 9.64. The molecule has 0 aliphatic rings. The third-order valence-electron chi connectivity index (χ3n) is 4.67. The van der Waals surface area contributed by atoms with Gasteiger partial charge in [-0.05, 0) is 48.5 Å². The van der Waals surface area contributed by atoms with E-state index in [1.165, 1.54) is 23.5 Å². The average molecular weight is 539 g/mol. The highest BCUT2D eigenvalue weighted by Gasteiger charge is 2.05. The largest absolute Gasteiger partial charge is 0.276 e. The maximum atomic E-state index is 4.45. The van der Waals surface area contributed by atoms with Crippen LogP contribution in [0.15, 0.2) is 152 Å². The van der Waals surface area contributed by atoms with Crippen molar-refractivity contribution in [2.45, 2.75) is 0 Å². The van der Waals surface area contributed by atoms with E-state index in [-0.39, 0.29) is 0 Å². The highest BCUT2D eigenvalue weighted by molar-refractivity contribution is 8.17. The molecule has 0 saturated carbocycles. The minimum atomic E-state index is 0.519. The van der Waals surface area contributed by atoms with Crippen molar-refractivity contribution in [3.63, 3.8) is 0 Å². The number of hydrogen-bond acceptors (Lipinski definition) is 8. The molecule has 0 fully saturated rings. The van der Waals surface area contributed by atoms with Gasteiger partial charge >= 0.3 is 0 Å². The summed E-state index contributed by atoms with van der Waals surface area (Å²) < 4.78 is 0. The van der Waals surface area contributed by atoms with Gasteiger partial charge in [0, 0.05) is 11.5 Å². The Balaban J connectivity index is 1.39. The Morgan fingerprint density at radius 2 is 0.816 bits per heavy atom. The van der Waals surface area contributed by atoms with Gasteiger partial charge in [-0.2, -0.15) is 0 Å². The average Bonchev–Trinajstić information content (AvgIpc) is 2.99. The first-order chi connectivity index (χ1) is 18.8. The second kappa shape index (κ2) is 15.7. The van der Waals surface area contributed by atoms with Crippen molar-refractivity contribution in [3.05, 3.63) is 121 Å². The summed E-state index contributed by atoms with van der Waals surface area (Å²) in [5, 5.41) is 27.3. The molecule has 0 radical (unpaired) electrons. The van der Waals surface area contributed by atoms with Gasteiger partial charge in [-0.1, -0.05) is 96.3 Å². The van der Waals surface area contributed by atoms with Gasteiger partial charge in [-0.25, -0.2) is 0 Å². The van der Waals surface area contributed by atoms with Gasteiger partial charge in [0.05, 0.1) is 22.7 Å². The molecule has 190 valence electrons. The Labute approximate surface area is 230 Å².